The van der Waals surface area contributed by atoms with Gasteiger partial charge in [0.25, 0.3) is 0 Å². The van der Waals surface area contributed by atoms with Crippen LogP contribution < -0.4 is 4.90 Å². The summed E-state index contributed by atoms with van der Waals surface area (Å²) in [5.74, 6) is 1.55. The van der Waals surface area contributed by atoms with Gasteiger partial charge < -0.3 is 4.90 Å². The minimum absolute atomic E-state index is 0.0671. The maximum atomic E-state index is 5.91. The molecule has 0 saturated heterocycles. The van der Waals surface area contributed by atoms with Gasteiger partial charge in [0, 0.05) is 24.7 Å². The van der Waals surface area contributed by atoms with Crippen LogP contribution in [0.1, 0.15) is 19.4 Å². The van der Waals surface area contributed by atoms with Crippen LogP contribution in [0.4, 0.5) is 5.82 Å². The van der Waals surface area contributed by atoms with Crippen LogP contribution in [0.25, 0.3) is 0 Å². The fraction of sp³-hybridized carbons (Fsp3) is 0.545. The molecule has 1 aromatic rings. The number of nitrogens with zero attached hydrogens (tertiary/aromatic N) is 2. The highest BCUT2D eigenvalue weighted by atomic mass is 35.5. The van der Waals surface area contributed by atoms with Crippen LogP contribution in [-0.4, -0.2) is 23.5 Å². The largest absolute Gasteiger partial charge is 0.353 e. The molecule has 14 heavy (non-hydrogen) atoms. The number of anilines is 1. The molecule has 78 valence electrons. The quantitative estimate of drug-likeness (QED) is 0.717. The van der Waals surface area contributed by atoms with Crippen molar-refractivity contribution >= 4 is 17.4 Å². The second-order valence-electron chi connectivity index (χ2n) is 4.20. The third-order valence-corrected chi connectivity index (χ3v) is 3.13. The van der Waals surface area contributed by atoms with E-state index in [2.05, 4.69) is 36.7 Å². The first-order chi connectivity index (χ1) is 6.47. The summed E-state index contributed by atoms with van der Waals surface area (Å²) >= 11 is 5.91. The Hall–Kier alpha value is -0.760. The van der Waals surface area contributed by atoms with E-state index in [1.165, 1.54) is 5.56 Å². The summed E-state index contributed by atoms with van der Waals surface area (Å²) < 4.78 is 0. The van der Waals surface area contributed by atoms with Crippen molar-refractivity contribution in [2.24, 2.45) is 0 Å². The molecule has 0 aliphatic rings. The topological polar surface area (TPSA) is 16.1 Å². The van der Waals surface area contributed by atoms with E-state index in [9.17, 15) is 0 Å². The molecule has 0 radical (unpaired) electrons. The molecular formula is C11H17ClN2. The van der Waals surface area contributed by atoms with E-state index in [0.29, 0.717) is 5.88 Å². The second kappa shape index (κ2) is 4.18. The summed E-state index contributed by atoms with van der Waals surface area (Å²) in [6, 6.07) is 4.05. The van der Waals surface area contributed by atoms with E-state index in [0.717, 1.165) is 5.82 Å². The molecular weight excluding hydrogens is 196 g/mol. The molecule has 3 heteroatoms. The summed E-state index contributed by atoms with van der Waals surface area (Å²) in [7, 11) is 2.02. The number of halogens is 1. The van der Waals surface area contributed by atoms with Crippen molar-refractivity contribution in [3.63, 3.8) is 0 Å². The SMILES string of the molecule is Cc1ccnc(N(C)C(C)(C)CCl)c1. The van der Waals surface area contributed by atoms with Gasteiger partial charge in [-0.1, -0.05) is 0 Å². The Morgan fingerprint density at radius 3 is 2.64 bits per heavy atom. The standard InChI is InChI=1S/C11H17ClN2/c1-9-5-6-13-10(7-9)14(4)11(2,3)8-12/h5-7H,8H2,1-4H3. The Balaban J connectivity index is 2.94. The van der Waals surface area contributed by atoms with E-state index < -0.39 is 0 Å². The highest BCUT2D eigenvalue weighted by Gasteiger charge is 2.23. The molecule has 0 unspecified atom stereocenters. The molecule has 1 heterocycles. The highest BCUT2D eigenvalue weighted by molar-refractivity contribution is 6.18. The Labute approximate surface area is 90.9 Å². The van der Waals surface area contributed by atoms with Crippen LogP contribution in [0.3, 0.4) is 0 Å². The highest BCUT2D eigenvalue weighted by Crippen LogP contribution is 2.21. The summed E-state index contributed by atoms with van der Waals surface area (Å²) in [5, 5.41) is 0. The number of pyridine rings is 1. The lowest BCUT2D eigenvalue weighted by molar-refractivity contribution is 0.540. The normalized spacial score (nSPS) is 11.5. The molecule has 2 nitrogen and oxygen atoms in total. The van der Waals surface area contributed by atoms with E-state index in [-0.39, 0.29) is 5.54 Å². The predicted octanol–water partition coefficient (Wildman–Crippen LogP) is 2.84. The maximum absolute atomic E-state index is 5.91. The summed E-state index contributed by atoms with van der Waals surface area (Å²) in [6.07, 6.45) is 1.82. The van der Waals surface area contributed by atoms with Gasteiger partial charge in [-0.15, -0.1) is 11.6 Å². The average Bonchev–Trinajstić information content (AvgIpc) is 2.16. The Bertz CT molecular complexity index is 310. The van der Waals surface area contributed by atoms with Crippen LogP contribution in [-0.2, 0) is 0 Å². The number of hydrogen-bond donors (Lipinski definition) is 0. The third-order valence-electron chi connectivity index (χ3n) is 2.48. The van der Waals surface area contributed by atoms with Gasteiger partial charge in [-0.05, 0) is 38.5 Å². The molecule has 1 rings (SSSR count). The van der Waals surface area contributed by atoms with Gasteiger partial charge in [-0.3, -0.25) is 0 Å². The van der Waals surface area contributed by atoms with Gasteiger partial charge in [0.05, 0.1) is 0 Å². The lowest BCUT2D eigenvalue weighted by Crippen LogP contribution is -2.43. The maximum Gasteiger partial charge on any atom is 0.128 e. The molecule has 0 saturated carbocycles. The fourth-order valence-corrected chi connectivity index (χ4v) is 1.28. The van der Waals surface area contributed by atoms with Crippen LogP contribution in [0, 0.1) is 6.92 Å². The first kappa shape index (κ1) is 11.3. The van der Waals surface area contributed by atoms with Gasteiger partial charge >= 0.3 is 0 Å². The van der Waals surface area contributed by atoms with E-state index in [1.54, 1.807) is 0 Å². The van der Waals surface area contributed by atoms with E-state index in [1.807, 2.05) is 19.3 Å². The second-order valence-corrected chi connectivity index (χ2v) is 4.46. The smallest absolute Gasteiger partial charge is 0.128 e. The Morgan fingerprint density at radius 1 is 1.50 bits per heavy atom. The summed E-state index contributed by atoms with van der Waals surface area (Å²) in [4.78, 5) is 6.43. The van der Waals surface area contributed by atoms with Crippen molar-refractivity contribution in [3.8, 4) is 0 Å². The summed E-state index contributed by atoms with van der Waals surface area (Å²) in [6.45, 7) is 6.26. The zero-order valence-electron chi connectivity index (χ0n) is 9.21. The minimum Gasteiger partial charge on any atom is -0.353 e. The fourth-order valence-electron chi connectivity index (χ4n) is 1.10. The van der Waals surface area contributed by atoms with Crippen LogP contribution >= 0.6 is 11.6 Å². The Kier molecular flexibility index (Phi) is 3.38. The van der Waals surface area contributed by atoms with Crippen molar-refractivity contribution in [1.29, 1.82) is 0 Å². The van der Waals surface area contributed by atoms with Crippen LogP contribution in [0.2, 0.25) is 0 Å². The van der Waals surface area contributed by atoms with E-state index >= 15 is 0 Å². The van der Waals surface area contributed by atoms with Crippen molar-refractivity contribution in [1.82, 2.24) is 4.98 Å². The number of rotatable bonds is 3. The Morgan fingerprint density at radius 2 is 2.14 bits per heavy atom. The number of alkyl halides is 1. The average molecular weight is 213 g/mol. The first-order valence-corrected chi connectivity index (χ1v) is 5.23. The molecule has 0 aliphatic carbocycles. The molecule has 0 spiro atoms. The summed E-state index contributed by atoms with van der Waals surface area (Å²) in [5.41, 5.74) is 1.15. The number of aryl methyl sites for hydroxylation is 1. The zero-order chi connectivity index (χ0) is 10.8. The molecule has 0 amide bonds. The molecule has 0 aromatic carbocycles. The van der Waals surface area contributed by atoms with Crippen LogP contribution in [0.15, 0.2) is 18.3 Å². The van der Waals surface area contributed by atoms with Gasteiger partial charge in [-0.25, -0.2) is 4.98 Å². The van der Waals surface area contributed by atoms with Gasteiger partial charge in [0.1, 0.15) is 5.82 Å². The van der Waals surface area contributed by atoms with Gasteiger partial charge in [0.15, 0.2) is 0 Å². The molecule has 0 bridgehead atoms. The number of aromatic nitrogens is 1. The minimum atomic E-state index is -0.0671. The van der Waals surface area contributed by atoms with Crippen molar-refractivity contribution in [2.75, 3.05) is 17.8 Å². The van der Waals surface area contributed by atoms with Crippen LogP contribution in [0.5, 0.6) is 0 Å². The zero-order valence-corrected chi connectivity index (χ0v) is 9.97. The van der Waals surface area contributed by atoms with Crippen molar-refractivity contribution < 1.29 is 0 Å². The van der Waals surface area contributed by atoms with E-state index in [4.69, 9.17) is 11.6 Å². The molecule has 0 fully saturated rings. The first-order valence-electron chi connectivity index (χ1n) is 4.70. The molecule has 0 aliphatic heterocycles. The lowest BCUT2D eigenvalue weighted by atomic mass is 10.1. The van der Waals surface area contributed by atoms with Crippen molar-refractivity contribution in [3.05, 3.63) is 23.9 Å². The molecule has 1 aromatic heterocycles. The predicted molar refractivity (Wildman–Crippen MR) is 62.2 cm³/mol. The number of hydrogen-bond acceptors (Lipinski definition) is 2. The lowest BCUT2D eigenvalue weighted by Gasteiger charge is -2.34. The van der Waals surface area contributed by atoms with Gasteiger partial charge in [0.2, 0.25) is 0 Å². The monoisotopic (exact) mass is 212 g/mol. The molecule has 0 N–H and O–H groups in total. The third kappa shape index (κ3) is 2.38. The van der Waals surface area contributed by atoms with Crippen molar-refractivity contribution in [2.45, 2.75) is 26.3 Å². The van der Waals surface area contributed by atoms with Gasteiger partial charge in [-0.2, -0.15) is 0 Å². The molecule has 0 atom stereocenters.